The average molecular weight is 244 g/mol. The van der Waals surface area contributed by atoms with E-state index in [1.165, 1.54) is 0 Å². The van der Waals surface area contributed by atoms with Crippen LogP contribution in [-0.4, -0.2) is 30.2 Å². The van der Waals surface area contributed by atoms with Crippen LogP contribution in [0.3, 0.4) is 0 Å². The number of hydrogen-bond donors (Lipinski definition) is 2. The molecule has 0 spiro atoms. The molecule has 0 unspecified atom stereocenters. The van der Waals surface area contributed by atoms with E-state index in [-0.39, 0.29) is 16.7 Å². The first-order valence-corrected chi connectivity index (χ1v) is 8.77. The van der Waals surface area contributed by atoms with Gasteiger partial charge in [0.2, 0.25) is 0 Å². The van der Waals surface area contributed by atoms with Crippen molar-refractivity contribution in [3.05, 3.63) is 10.8 Å². The fourth-order valence-electron chi connectivity index (χ4n) is 1.61. The second-order valence-electron chi connectivity index (χ2n) is 5.31. The van der Waals surface area contributed by atoms with Crippen LogP contribution in [0.1, 0.15) is 20.3 Å². The van der Waals surface area contributed by atoms with Crippen molar-refractivity contribution in [1.29, 1.82) is 0 Å². The number of carbonyl (C=O) groups is 2. The predicted molar refractivity (Wildman–Crippen MR) is 65.1 cm³/mol. The first-order chi connectivity index (χ1) is 7.07. The van der Waals surface area contributed by atoms with Gasteiger partial charge in [-0.3, -0.25) is 0 Å². The molecule has 0 saturated carbocycles. The number of aliphatic carboxylic acids is 2. The molecular weight excluding hydrogens is 224 g/mol. The summed E-state index contributed by atoms with van der Waals surface area (Å²) in [6, 6.07) is 0. The highest BCUT2D eigenvalue weighted by Crippen LogP contribution is 2.24. The van der Waals surface area contributed by atoms with Crippen LogP contribution < -0.4 is 0 Å². The van der Waals surface area contributed by atoms with Crippen molar-refractivity contribution in [3.8, 4) is 0 Å². The SMILES string of the molecule is CC(C)CC(C(=O)O)=C(C(=O)O)[Si](C)(C)C. The maximum absolute atomic E-state index is 11.2. The minimum Gasteiger partial charge on any atom is -0.478 e. The summed E-state index contributed by atoms with van der Waals surface area (Å²) in [4.78, 5) is 22.3. The molecule has 0 aliphatic carbocycles. The van der Waals surface area contributed by atoms with E-state index in [2.05, 4.69) is 0 Å². The van der Waals surface area contributed by atoms with E-state index in [4.69, 9.17) is 10.2 Å². The molecule has 0 amide bonds. The maximum atomic E-state index is 11.2. The van der Waals surface area contributed by atoms with Gasteiger partial charge in [0, 0.05) is 10.8 Å². The molecule has 0 aliphatic heterocycles. The second-order valence-corrected chi connectivity index (χ2v) is 10.3. The van der Waals surface area contributed by atoms with Crippen molar-refractivity contribution in [3.63, 3.8) is 0 Å². The van der Waals surface area contributed by atoms with Crippen LogP contribution in [0.25, 0.3) is 0 Å². The highest BCUT2D eigenvalue weighted by Gasteiger charge is 2.31. The lowest BCUT2D eigenvalue weighted by Crippen LogP contribution is -2.33. The topological polar surface area (TPSA) is 74.6 Å². The van der Waals surface area contributed by atoms with Gasteiger partial charge in [-0.2, -0.15) is 0 Å². The number of hydrogen-bond acceptors (Lipinski definition) is 2. The minimum absolute atomic E-state index is 0.0710. The average Bonchev–Trinajstić information content (AvgIpc) is 1.97. The minimum atomic E-state index is -2.14. The van der Waals surface area contributed by atoms with Crippen molar-refractivity contribution in [2.75, 3.05) is 0 Å². The first-order valence-electron chi connectivity index (χ1n) is 5.27. The second kappa shape index (κ2) is 5.29. The highest BCUT2D eigenvalue weighted by molar-refractivity contribution is 6.87. The van der Waals surface area contributed by atoms with Crippen molar-refractivity contribution in [1.82, 2.24) is 0 Å². The Kier molecular flexibility index (Phi) is 4.93. The Labute approximate surface area is 97.0 Å². The quantitative estimate of drug-likeness (QED) is 0.575. The summed E-state index contributed by atoms with van der Waals surface area (Å²) < 4.78 is 0. The van der Waals surface area contributed by atoms with E-state index in [9.17, 15) is 9.59 Å². The third-order valence-electron chi connectivity index (χ3n) is 2.14. The molecule has 0 aromatic rings. The molecule has 2 N–H and O–H groups in total. The van der Waals surface area contributed by atoms with Gasteiger partial charge in [-0.25, -0.2) is 9.59 Å². The molecule has 0 radical (unpaired) electrons. The zero-order valence-electron chi connectivity index (χ0n) is 10.5. The van der Waals surface area contributed by atoms with Crippen LogP contribution in [-0.2, 0) is 9.59 Å². The molecular formula is C11H20O4Si. The van der Waals surface area contributed by atoms with E-state index in [0.717, 1.165) is 0 Å². The standard InChI is InChI=1S/C11H20O4Si/c1-7(2)6-8(10(12)13)9(11(14)15)16(3,4)5/h7H,6H2,1-5H3,(H,12,13)(H,14,15). The zero-order chi connectivity index (χ0) is 13.1. The van der Waals surface area contributed by atoms with Gasteiger partial charge in [-0.05, 0) is 12.3 Å². The van der Waals surface area contributed by atoms with Crippen molar-refractivity contribution in [2.45, 2.75) is 39.9 Å². The summed E-state index contributed by atoms with van der Waals surface area (Å²) in [7, 11) is -2.14. The lowest BCUT2D eigenvalue weighted by atomic mass is 10.0. The highest BCUT2D eigenvalue weighted by atomic mass is 28.3. The van der Waals surface area contributed by atoms with E-state index in [1.807, 2.05) is 33.5 Å². The Morgan fingerprint density at radius 1 is 1.06 bits per heavy atom. The van der Waals surface area contributed by atoms with Crippen LogP contribution in [0, 0.1) is 5.92 Å². The molecule has 0 heterocycles. The molecule has 0 aromatic carbocycles. The summed E-state index contributed by atoms with van der Waals surface area (Å²) >= 11 is 0. The summed E-state index contributed by atoms with van der Waals surface area (Å²) in [5.41, 5.74) is 0.0710. The molecule has 0 atom stereocenters. The molecule has 0 saturated heterocycles. The van der Waals surface area contributed by atoms with Crippen molar-refractivity contribution < 1.29 is 19.8 Å². The van der Waals surface area contributed by atoms with Gasteiger partial charge in [0.1, 0.15) is 0 Å². The fraction of sp³-hybridized carbons (Fsp3) is 0.636. The Morgan fingerprint density at radius 2 is 1.50 bits per heavy atom. The van der Waals surface area contributed by atoms with Crippen LogP contribution in [0.2, 0.25) is 19.6 Å². The van der Waals surface area contributed by atoms with E-state index < -0.39 is 20.0 Å². The number of carboxylic acids is 2. The molecule has 5 heteroatoms. The molecule has 0 aliphatic rings. The van der Waals surface area contributed by atoms with Gasteiger partial charge in [0.25, 0.3) is 0 Å². The maximum Gasteiger partial charge on any atom is 0.331 e. The smallest absolute Gasteiger partial charge is 0.331 e. The summed E-state index contributed by atoms with van der Waals surface area (Å²) in [6.07, 6.45) is 0.307. The predicted octanol–water partition coefficient (Wildman–Crippen LogP) is 2.38. The van der Waals surface area contributed by atoms with Crippen LogP contribution >= 0.6 is 0 Å². The van der Waals surface area contributed by atoms with Gasteiger partial charge in [-0.15, -0.1) is 0 Å². The molecule has 0 bridgehead atoms. The molecule has 0 rings (SSSR count). The zero-order valence-corrected chi connectivity index (χ0v) is 11.5. The van der Waals surface area contributed by atoms with E-state index in [0.29, 0.717) is 6.42 Å². The summed E-state index contributed by atoms with van der Waals surface area (Å²) in [6.45, 7) is 9.30. The van der Waals surface area contributed by atoms with Crippen molar-refractivity contribution in [2.24, 2.45) is 5.92 Å². The Hall–Kier alpha value is -1.10. The molecule has 0 fully saturated rings. The molecule has 4 nitrogen and oxygen atoms in total. The number of carboxylic acid groups (broad SMARTS) is 2. The van der Waals surface area contributed by atoms with Gasteiger partial charge >= 0.3 is 11.9 Å². The lowest BCUT2D eigenvalue weighted by molar-refractivity contribution is -0.135. The Bertz CT molecular complexity index is 323. The van der Waals surface area contributed by atoms with Gasteiger partial charge in [0.15, 0.2) is 0 Å². The normalized spacial score (nSPS) is 13.6. The number of rotatable bonds is 5. The van der Waals surface area contributed by atoms with Gasteiger partial charge in [0.05, 0.1) is 8.07 Å². The Morgan fingerprint density at radius 3 is 1.69 bits per heavy atom. The lowest BCUT2D eigenvalue weighted by Gasteiger charge is -2.21. The summed E-state index contributed by atoms with van der Waals surface area (Å²) in [5.74, 6) is -2.05. The van der Waals surface area contributed by atoms with E-state index in [1.54, 1.807) is 0 Å². The van der Waals surface area contributed by atoms with Crippen LogP contribution in [0.4, 0.5) is 0 Å². The van der Waals surface area contributed by atoms with Crippen molar-refractivity contribution >= 4 is 20.0 Å². The molecule has 16 heavy (non-hydrogen) atoms. The monoisotopic (exact) mass is 244 g/mol. The third kappa shape index (κ3) is 4.18. The van der Waals surface area contributed by atoms with E-state index >= 15 is 0 Å². The van der Waals surface area contributed by atoms with Gasteiger partial charge < -0.3 is 10.2 Å². The van der Waals surface area contributed by atoms with Crippen LogP contribution in [0.15, 0.2) is 10.8 Å². The van der Waals surface area contributed by atoms with Gasteiger partial charge in [-0.1, -0.05) is 33.5 Å². The Balaban J connectivity index is 5.65. The molecule has 92 valence electrons. The summed E-state index contributed by atoms with van der Waals surface area (Å²) in [5, 5.41) is 18.4. The molecule has 0 aromatic heterocycles. The fourth-order valence-corrected chi connectivity index (χ4v) is 3.36. The largest absolute Gasteiger partial charge is 0.478 e. The van der Waals surface area contributed by atoms with Crippen LogP contribution in [0.5, 0.6) is 0 Å². The first kappa shape index (κ1) is 14.9. The third-order valence-corrected chi connectivity index (χ3v) is 4.15.